The van der Waals surface area contributed by atoms with Gasteiger partial charge in [0.25, 0.3) is 5.89 Å². The number of hydrogen-bond donors (Lipinski definition) is 0. The van der Waals surface area contributed by atoms with Gasteiger partial charge in [0.15, 0.2) is 5.82 Å². The third-order valence-corrected chi connectivity index (χ3v) is 7.21. The maximum Gasteiger partial charge on any atom is 0.261 e. The summed E-state index contributed by atoms with van der Waals surface area (Å²) in [4.78, 5) is 4.54. The van der Waals surface area contributed by atoms with Crippen molar-refractivity contribution in [3.63, 3.8) is 0 Å². The number of ether oxygens (including phenoxy) is 1. The van der Waals surface area contributed by atoms with Gasteiger partial charge in [-0.2, -0.15) is 14.4 Å². The molecule has 1 aromatic carbocycles. The Morgan fingerprint density at radius 3 is 2.62 bits per heavy atom. The Morgan fingerprint density at radius 2 is 1.97 bits per heavy atom. The van der Waals surface area contributed by atoms with Crippen LogP contribution in [-0.4, -0.2) is 51.8 Å². The zero-order chi connectivity index (χ0) is 20.8. The van der Waals surface area contributed by atoms with Gasteiger partial charge in [-0.05, 0) is 39.3 Å². The van der Waals surface area contributed by atoms with Crippen molar-refractivity contribution in [3.05, 3.63) is 41.5 Å². The summed E-state index contributed by atoms with van der Waals surface area (Å²) in [5, 5.41) is 8.06. The minimum atomic E-state index is -3.63. The Morgan fingerprint density at radius 1 is 1.21 bits per heavy atom. The van der Waals surface area contributed by atoms with Gasteiger partial charge in [0, 0.05) is 13.6 Å². The number of nitrogens with zero attached hydrogens (tertiary/aromatic N) is 5. The molecular weight excluding hydrogens is 394 g/mol. The lowest BCUT2D eigenvalue weighted by molar-refractivity contribution is 0.216. The Labute approximate surface area is 169 Å². The molecule has 1 aliphatic rings. The van der Waals surface area contributed by atoms with Crippen LogP contribution in [-0.2, 0) is 17.1 Å². The quantitative estimate of drug-likeness (QED) is 0.627. The van der Waals surface area contributed by atoms with E-state index < -0.39 is 10.0 Å². The van der Waals surface area contributed by atoms with E-state index in [2.05, 4.69) is 15.2 Å². The van der Waals surface area contributed by atoms with Crippen molar-refractivity contribution in [3.8, 4) is 17.2 Å². The number of aryl methyl sites for hydroxylation is 3. The summed E-state index contributed by atoms with van der Waals surface area (Å²) < 4.78 is 40.8. The number of sulfonamides is 1. The molecule has 0 bridgehead atoms. The predicted octanol–water partition coefficient (Wildman–Crippen LogP) is 2.24. The van der Waals surface area contributed by atoms with E-state index in [1.807, 2.05) is 24.3 Å². The Hall–Kier alpha value is -2.72. The second-order valence-electron chi connectivity index (χ2n) is 7.16. The van der Waals surface area contributed by atoms with Crippen LogP contribution < -0.4 is 4.74 Å². The van der Waals surface area contributed by atoms with E-state index in [9.17, 15) is 8.42 Å². The second kappa shape index (κ2) is 7.27. The van der Waals surface area contributed by atoms with E-state index in [1.54, 1.807) is 32.5 Å². The summed E-state index contributed by atoms with van der Waals surface area (Å²) in [6, 6.07) is 7.38. The fraction of sp³-hybridized carbons (Fsp3) is 0.421. The Bertz CT molecular complexity index is 1150. The monoisotopic (exact) mass is 417 g/mol. The van der Waals surface area contributed by atoms with E-state index in [4.69, 9.17) is 9.26 Å². The van der Waals surface area contributed by atoms with Crippen molar-refractivity contribution in [1.82, 2.24) is 24.2 Å². The highest BCUT2D eigenvalue weighted by Gasteiger charge is 2.37. The molecular formula is C19H23N5O4S. The minimum absolute atomic E-state index is 0.271. The van der Waals surface area contributed by atoms with Crippen LogP contribution in [0.1, 0.15) is 23.6 Å². The summed E-state index contributed by atoms with van der Waals surface area (Å²) >= 11 is 0. The number of rotatable bonds is 5. The fourth-order valence-electron chi connectivity index (χ4n) is 3.60. The van der Waals surface area contributed by atoms with Crippen LogP contribution in [0.5, 0.6) is 5.75 Å². The van der Waals surface area contributed by atoms with Gasteiger partial charge >= 0.3 is 0 Å². The van der Waals surface area contributed by atoms with Crippen LogP contribution in [0.25, 0.3) is 11.5 Å². The van der Waals surface area contributed by atoms with E-state index in [-0.39, 0.29) is 17.5 Å². The van der Waals surface area contributed by atoms with Gasteiger partial charge in [0.1, 0.15) is 16.7 Å². The summed E-state index contributed by atoms with van der Waals surface area (Å²) in [5.41, 5.74) is 1.82. The molecule has 1 saturated heterocycles. The van der Waals surface area contributed by atoms with Crippen molar-refractivity contribution in [1.29, 1.82) is 0 Å². The topological polar surface area (TPSA) is 103 Å². The lowest BCUT2D eigenvalue weighted by atomic mass is 10.2. The van der Waals surface area contributed by atoms with Crippen LogP contribution in [0, 0.1) is 20.8 Å². The highest BCUT2D eigenvalue weighted by atomic mass is 32.2. The third-order valence-electron chi connectivity index (χ3n) is 5.09. The van der Waals surface area contributed by atoms with E-state index in [0.717, 1.165) is 0 Å². The highest BCUT2D eigenvalue weighted by molar-refractivity contribution is 7.89. The number of benzene rings is 1. The fourth-order valence-corrected chi connectivity index (χ4v) is 5.49. The zero-order valence-electron chi connectivity index (χ0n) is 16.8. The van der Waals surface area contributed by atoms with E-state index in [1.165, 1.54) is 4.31 Å². The van der Waals surface area contributed by atoms with Crippen molar-refractivity contribution in [2.45, 2.75) is 38.2 Å². The Kier molecular flexibility index (Phi) is 4.91. The van der Waals surface area contributed by atoms with Crippen LogP contribution in [0.4, 0.5) is 0 Å². The lowest BCUT2D eigenvalue weighted by Crippen LogP contribution is -2.31. The Balaban J connectivity index is 1.55. The standard InChI is InChI=1S/C19H23N5O4S/c1-12-18(13(2)23(4)21-12)29(25,26)24-10-9-15(11-24)27-17-8-6-5-7-16(17)19-20-14(3)22-28-19/h5-8,15H,9-11H2,1-4H3. The lowest BCUT2D eigenvalue weighted by Gasteiger charge is -2.18. The zero-order valence-corrected chi connectivity index (χ0v) is 17.6. The molecule has 154 valence electrons. The van der Waals surface area contributed by atoms with Gasteiger partial charge in [-0.25, -0.2) is 8.42 Å². The molecule has 1 fully saturated rings. The molecule has 2 aromatic heterocycles. The molecule has 29 heavy (non-hydrogen) atoms. The molecule has 9 nitrogen and oxygen atoms in total. The number of hydrogen-bond acceptors (Lipinski definition) is 7. The summed E-state index contributed by atoms with van der Waals surface area (Å²) in [7, 11) is -1.89. The highest BCUT2D eigenvalue weighted by Crippen LogP contribution is 2.32. The molecule has 0 N–H and O–H groups in total. The molecule has 0 saturated carbocycles. The first-order chi connectivity index (χ1) is 13.8. The van der Waals surface area contributed by atoms with Crippen molar-refractivity contribution >= 4 is 10.0 Å². The van der Waals surface area contributed by atoms with E-state index in [0.29, 0.717) is 47.4 Å². The molecule has 4 rings (SSSR count). The molecule has 3 aromatic rings. The molecule has 10 heteroatoms. The molecule has 0 radical (unpaired) electrons. The number of aromatic nitrogens is 4. The van der Waals surface area contributed by atoms with Gasteiger partial charge in [-0.1, -0.05) is 17.3 Å². The van der Waals surface area contributed by atoms with Gasteiger partial charge in [0.2, 0.25) is 10.0 Å². The summed E-state index contributed by atoms with van der Waals surface area (Å²) in [6.45, 7) is 5.89. The molecule has 0 spiro atoms. The average Bonchev–Trinajstić information content (AvgIpc) is 3.36. The van der Waals surface area contributed by atoms with Gasteiger partial charge in [-0.3, -0.25) is 4.68 Å². The van der Waals surface area contributed by atoms with E-state index >= 15 is 0 Å². The maximum absolute atomic E-state index is 13.2. The molecule has 1 unspecified atom stereocenters. The van der Waals surface area contributed by atoms with Crippen LogP contribution in [0.3, 0.4) is 0 Å². The van der Waals surface area contributed by atoms with Crippen molar-refractivity contribution in [2.24, 2.45) is 7.05 Å². The molecule has 0 amide bonds. The molecule has 0 aliphatic carbocycles. The molecule has 3 heterocycles. The smallest absolute Gasteiger partial charge is 0.261 e. The first-order valence-electron chi connectivity index (χ1n) is 9.34. The van der Waals surface area contributed by atoms with Crippen molar-refractivity contribution < 1.29 is 17.7 Å². The van der Waals surface area contributed by atoms with Gasteiger partial charge in [0.05, 0.1) is 23.5 Å². The third kappa shape index (κ3) is 3.53. The molecule has 1 aliphatic heterocycles. The van der Waals surface area contributed by atoms with Crippen molar-refractivity contribution in [2.75, 3.05) is 13.1 Å². The van der Waals surface area contributed by atoms with Crippen LogP contribution >= 0.6 is 0 Å². The minimum Gasteiger partial charge on any atom is -0.488 e. The predicted molar refractivity (Wildman–Crippen MR) is 105 cm³/mol. The van der Waals surface area contributed by atoms with Crippen LogP contribution in [0.15, 0.2) is 33.7 Å². The average molecular weight is 417 g/mol. The molecule has 1 atom stereocenters. The SMILES string of the molecule is Cc1noc(-c2ccccc2OC2CCN(S(=O)(=O)c3c(C)nn(C)c3C)C2)n1. The normalized spacial score (nSPS) is 17.7. The summed E-state index contributed by atoms with van der Waals surface area (Å²) in [6.07, 6.45) is 0.321. The maximum atomic E-state index is 13.2. The second-order valence-corrected chi connectivity index (χ2v) is 9.03. The van der Waals surface area contributed by atoms with Crippen LogP contribution in [0.2, 0.25) is 0 Å². The summed E-state index contributed by atoms with van der Waals surface area (Å²) in [5.74, 6) is 1.51. The first-order valence-corrected chi connectivity index (χ1v) is 10.8. The number of para-hydroxylation sites is 1. The van der Waals surface area contributed by atoms with Gasteiger partial charge in [-0.15, -0.1) is 0 Å². The largest absolute Gasteiger partial charge is 0.488 e. The first kappa shape index (κ1) is 19.6. The van der Waals surface area contributed by atoms with Gasteiger partial charge < -0.3 is 9.26 Å².